The van der Waals surface area contributed by atoms with Gasteiger partial charge in [0, 0.05) is 18.3 Å². The molecule has 0 aromatic heterocycles. The van der Waals surface area contributed by atoms with Crippen molar-refractivity contribution in [3.8, 4) is 0 Å². The second kappa shape index (κ2) is 3.96. The van der Waals surface area contributed by atoms with Crippen molar-refractivity contribution in [1.82, 2.24) is 0 Å². The van der Waals surface area contributed by atoms with Crippen LogP contribution in [0.4, 0.5) is 0 Å². The van der Waals surface area contributed by atoms with Gasteiger partial charge in [-0.3, -0.25) is 4.79 Å². The van der Waals surface area contributed by atoms with Crippen molar-refractivity contribution in [2.24, 2.45) is 23.7 Å². The maximum absolute atomic E-state index is 12.1. The van der Waals surface area contributed by atoms with Crippen LogP contribution in [-0.2, 0) is 24.0 Å². The lowest BCUT2D eigenvalue weighted by molar-refractivity contribution is -0.559. The van der Waals surface area contributed by atoms with Gasteiger partial charge in [-0.2, -0.15) is 0 Å². The maximum atomic E-state index is 12.1. The first-order valence-corrected chi connectivity index (χ1v) is 7.71. The number of fused-ring (bicyclic) bond motifs is 2. The lowest BCUT2D eigenvalue weighted by Crippen LogP contribution is -2.69. The van der Waals surface area contributed by atoms with Crippen LogP contribution in [-0.4, -0.2) is 23.6 Å². The maximum Gasteiger partial charge on any atom is 0.311 e. The molecule has 0 amide bonds. The van der Waals surface area contributed by atoms with Gasteiger partial charge in [-0.15, -0.1) is 0 Å². The van der Waals surface area contributed by atoms with Crippen LogP contribution in [0.1, 0.15) is 46.5 Å². The van der Waals surface area contributed by atoms with E-state index in [1.54, 1.807) is 0 Å². The number of hydrogen-bond acceptors (Lipinski definition) is 5. The number of ether oxygens (including phenoxy) is 2. The Kier molecular flexibility index (Phi) is 2.58. The van der Waals surface area contributed by atoms with E-state index in [1.165, 1.54) is 0 Å². The molecule has 20 heavy (non-hydrogen) atoms. The molecule has 0 N–H and O–H groups in total. The average Bonchev–Trinajstić information content (AvgIpc) is 2.63. The summed E-state index contributed by atoms with van der Waals surface area (Å²) in [5.74, 6) is -0.137. The fraction of sp³-hybridized carbons (Fsp3) is 0.933. The van der Waals surface area contributed by atoms with Gasteiger partial charge in [0.05, 0.1) is 5.92 Å². The van der Waals surface area contributed by atoms with E-state index in [0.717, 1.165) is 25.7 Å². The third-order valence-corrected chi connectivity index (χ3v) is 5.97. The van der Waals surface area contributed by atoms with Crippen LogP contribution in [0.2, 0.25) is 0 Å². The van der Waals surface area contributed by atoms with E-state index in [2.05, 4.69) is 6.92 Å². The fourth-order valence-corrected chi connectivity index (χ4v) is 4.76. The molecule has 5 nitrogen and oxygen atoms in total. The SMILES string of the molecule is C[C@H]1CC[C@H]2[C@@H](C)C(=O)O[C@@H]3O[C@]4(C)CC[C@H]1[C@@]32OO4. The zero-order chi connectivity index (χ0) is 14.1. The lowest BCUT2D eigenvalue weighted by atomic mass is 9.58. The molecule has 5 aliphatic rings. The van der Waals surface area contributed by atoms with Crippen LogP contribution in [0.15, 0.2) is 0 Å². The molecule has 112 valence electrons. The second-order valence-corrected chi connectivity index (χ2v) is 7.14. The Labute approximate surface area is 118 Å². The number of esters is 1. The summed E-state index contributed by atoms with van der Waals surface area (Å²) in [6.07, 6.45) is 3.24. The molecule has 1 aliphatic carbocycles. The molecule has 4 heterocycles. The Bertz CT molecular complexity index is 452. The van der Waals surface area contributed by atoms with Crippen LogP contribution < -0.4 is 0 Å². The Morgan fingerprint density at radius 2 is 1.90 bits per heavy atom. The Hall–Kier alpha value is -0.650. The van der Waals surface area contributed by atoms with E-state index in [0.29, 0.717) is 11.8 Å². The molecule has 0 aromatic carbocycles. The van der Waals surface area contributed by atoms with Gasteiger partial charge in [0.15, 0.2) is 5.60 Å². The third-order valence-electron chi connectivity index (χ3n) is 5.97. The zero-order valence-electron chi connectivity index (χ0n) is 12.3. The summed E-state index contributed by atoms with van der Waals surface area (Å²) in [5, 5.41) is 0. The van der Waals surface area contributed by atoms with Crippen molar-refractivity contribution in [3.63, 3.8) is 0 Å². The van der Waals surface area contributed by atoms with Gasteiger partial charge in [0.25, 0.3) is 0 Å². The van der Waals surface area contributed by atoms with Gasteiger partial charge in [0.2, 0.25) is 12.1 Å². The molecule has 4 saturated heterocycles. The second-order valence-electron chi connectivity index (χ2n) is 7.14. The molecule has 1 saturated carbocycles. The molecule has 5 fully saturated rings. The number of carbonyl (C=O) groups excluding carboxylic acids is 1. The van der Waals surface area contributed by atoms with Crippen LogP contribution in [0.25, 0.3) is 0 Å². The quantitative estimate of drug-likeness (QED) is 0.504. The van der Waals surface area contributed by atoms with E-state index in [-0.39, 0.29) is 17.8 Å². The largest absolute Gasteiger partial charge is 0.432 e. The minimum atomic E-state index is -0.793. The summed E-state index contributed by atoms with van der Waals surface area (Å²) in [5.41, 5.74) is -0.610. The van der Waals surface area contributed by atoms with Gasteiger partial charge in [-0.25, -0.2) is 9.78 Å². The molecule has 5 rings (SSSR count). The molecule has 1 spiro atoms. The topological polar surface area (TPSA) is 54.0 Å². The summed E-state index contributed by atoms with van der Waals surface area (Å²) >= 11 is 0. The van der Waals surface area contributed by atoms with Crippen LogP contribution in [0.3, 0.4) is 0 Å². The molecule has 4 aliphatic heterocycles. The van der Waals surface area contributed by atoms with Crippen molar-refractivity contribution < 1.29 is 24.0 Å². The number of hydrogen-bond donors (Lipinski definition) is 0. The van der Waals surface area contributed by atoms with E-state index in [4.69, 9.17) is 19.2 Å². The van der Waals surface area contributed by atoms with Crippen LogP contribution in [0.5, 0.6) is 0 Å². The molecule has 0 aromatic rings. The van der Waals surface area contributed by atoms with Crippen molar-refractivity contribution in [2.45, 2.75) is 64.1 Å². The highest BCUT2D eigenvalue weighted by atomic mass is 17.3. The van der Waals surface area contributed by atoms with Crippen molar-refractivity contribution in [1.29, 1.82) is 0 Å². The first-order chi connectivity index (χ1) is 9.46. The summed E-state index contributed by atoms with van der Waals surface area (Å²) < 4.78 is 11.6. The fourth-order valence-electron chi connectivity index (χ4n) is 4.76. The van der Waals surface area contributed by atoms with Crippen LogP contribution in [0, 0.1) is 23.7 Å². The van der Waals surface area contributed by atoms with Gasteiger partial charge >= 0.3 is 5.97 Å². The number of carbonyl (C=O) groups is 1. The smallest absolute Gasteiger partial charge is 0.311 e. The van der Waals surface area contributed by atoms with Crippen molar-refractivity contribution in [3.05, 3.63) is 0 Å². The monoisotopic (exact) mass is 282 g/mol. The molecule has 5 heteroatoms. The molecule has 0 radical (unpaired) electrons. The van der Waals surface area contributed by atoms with E-state index >= 15 is 0 Å². The highest BCUT2D eigenvalue weighted by molar-refractivity contribution is 5.74. The molecule has 0 unspecified atom stereocenters. The summed E-state index contributed by atoms with van der Waals surface area (Å²) in [6.45, 7) is 6.06. The predicted molar refractivity (Wildman–Crippen MR) is 68.0 cm³/mol. The van der Waals surface area contributed by atoms with Gasteiger partial charge in [-0.1, -0.05) is 13.8 Å². The van der Waals surface area contributed by atoms with Crippen molar-refractivity contribution in [2.75, 3.05) is 0 Å². The highest BCUT2D eigenvalue weighted by Gasteiger charge is 2.69. The average molecular weight is 282 g/mol. The first kappa shape index (κ1) is 13.0. The normalized spacial score (nSPS) is 57.8. The number of rotatable bonds is 0. The van der Waals surface area contributed by atoms with Gasteiger partial charge < -0.3 is 9.47 Å². The Morgan fingerprint density at radius 1 is 1.10 bits per heavy atom. The molecular weight excluding hydrogens is 260 g/mol. The van der Waals surface area contributed by atoms with Crippen molar-refractivity contribution >= 4 is 5.97 Å². The minimum absolute atomic E-state index is 0.123. The summed E-state index contributed by atoms with van der Waals surface area (Å²) in [4.78, 5) is 23.7. The molecule has 7 atom stereocenters. The van der Waals surface area contributed by atoms with Gasteiger partial charge in [0.1, 0.15) is 0 Å². The predicted octanol–water partition coefficient (Wildman–Crippen LogP) is 2.39. The van der Waals surface area contributed by atoms with Crippen LogP contribution >= 0.6 is 0 Å². The molecular formula is C15H22O5. The van der Waals surface area contributed by atoms with Gasteiger partial charge in [-0.05, 0) is 32.1 Å². The lowest BCUT2D eigenvalue weighted by Gasteiger charge is -2.57. The standard InChI is InChI=1S/C15H22O5/c1-8-4-5-11-9(2)12(16)17-13-15(11)10(8)6-7-14(3,18-13)19-20-15/h8-11,13H,4-7H2,1-3H3/t8-,9+,10+,11-,13+,14-,15-/m0/s1. The summed E-state index contributed by atoms with van der Waals surface area (Å²) in [6, 6.07) is 0. The first-order valence-electron chi connectivity index (χ1n) is 7.71. The van der Waals surface area contributed by atoms with E-state index in [9.17, 15) is 4.79 Å². The zero-order valence-corrected chi connectivity index (χ0v) is 12.3. The third kappa shape index (κ3) is 1.46. The summed E-state index contributed by atoms with van der Waals surface area (Å²) in [7, 11) is 0. The molecule has 2 bridgehead atoms. The van der Waals surface area contributed by atoms with E-state index < -0.39 is 17.7 Å². The van der Waals surface area contributed by atoms with E-state index in [1.807, 2.05) is 13.8 Å². The Balaban J connectivity index is 1.84. The minimum Gasteiger partial charge on any atom is -0.432 e. The Morgan fingerprint density at radius 3 is 2.70 bits per heavy atom. The highest BCUT2D eigenvalue weighted by Crippen LogP contribution is 2.59.